The highest BCUT2D eigenvalue weighted by Crippen LogP contribution is 2.44. The van der Waals surface area contributed by atoms with Crippen molar-refractivity contribution in [2.45, 2.75) is 77.7 Å². The SMILES string of the molecule is CCCC(C)C(N)C1CCC2CCCCC2C1. The third kappa shape index (κ3) is 3.24. The fraction of sp³-hybridized carbons (Fsp3) is 1.00. The number of rotatable bonds is 4. The Hall–Kier alpha value is -0.0400. The third-order valence-electron chi connectivity index (χ3n) is 5.53. The lowest BCUT2D eigenvalue weighted by Crippen LogP contribution is -2.41. The van der Waals surface area contributed by atoms with E-state index in [2.05, 4.69) is 13.8 Å². The number of fused-ring (bicyclic) bond motifs is 1. The van der Waals surface area contributed by atoms with Gasteiger partial charge in [0, 0.05) is 6.04 Å². The van der Waals surface area contributed by atoms with Gasteiger partial charge in [0.15, 0.2) is 0 Å². The van der Waals surface area contributed by atoms with E-state index in [0.717, 1.165) is 23.7 Å². The van der Waals surface area contributed by atoms with Gasteiger partial charge in [0.25, 0.3) is 0 Å². The van der Waals surface area contributed by atoms with Crippen LogP contribution in [0.15, 0.2) is 0 Å². The van der Waals surface area contributed by atoms with Gasteiger partial charge in [-0.1, -0.05) is 46.0 Å². The topological polar surface area (TPSA) is 26.0 Å². The average Bonchev–Trinajstić information content (AvgIpc) is 2.37. The van der Waals surface area contributed by atoms with Crippen LogP contribution in [-0.4, -0.2) is 6.04 Å². The van der Waals surface area contributed by atoms with Gasteiger partial charge in [0.05, 0.1) is 0 Å². The van der Waals surface area contributed by atoms with Gasteiger partial charge in [-0.2, -0.15) is 0 Å². The zero-order chi connectivity index (χ0) is 12.3. The molecule has 0 aliphatic heterocycles. The van der Waals surface area contributed by atoms with Crippen LogP contribution < -0.4 is 5.73 Å². The Morgan fingerprint density at radius 1 is 1.06 bits per heavy atom. The Kier molecular flexibility index (Phi) is 4.90. The number of hydrogen-bond donors (Lipinski definition) is 1. The van der Waals surface area contributed by atoms with Crippen LogP contribution in [0.2, 0.25) is 0 Å². The summed E-state index contributed by atoms with van der Waals surface area (Å²) in [5, 5.41) is 0. The fourth-order valence-electron chi connectivity index (χ4n) is 4.37. The normalized spacial score (nSPS) is 37.2. The van der Waals surface area contributed by atoms with Crippen molar-refractivity contribution >= 4 is 0 Å². The highest BCUT2D eigenvalue weighted by atomic mass is 14.7. The molecule has 5 unspecified atom stereocenters. The summed E-state index contributed by atoms with van der Waals surface area (Å²) >= 11 is 0. The summed E-state index contributed by atoms with van der Waals surface area (Å²) in [5.41, 5.74) is 6.50. The van der Waals surface area contributed by atoms with E-state index in [0.29, 0.717) is 6.04 Å². The van der Waals surface area contributed by atoms with Crippen molar-refractivity contribution in [3.8, 4) is 0 Å². The van der Waals surface area contributed by atoms with Crippen molar-refractivity contribution in [1.82, 2.24) is 0 Å². The Labute approximate surface area is 108 Å². The molecule has 2 aliphatic carbocycles. The van der Waals surface area contributed by atoms with Crippen LogP contribution in [0.25, 0.3) is 0 Å². The predicted molar refractivity (Wildman–Crippen MR) is 74.8 cm³/mol. The van der Waals surface area contributed by atoms with E-state index < -0.39 is 0 Å². The maximum atomic E-state index is 6.50. The van der Waals surface area contributed by atoms with Crippen LogP contribution in [0.4, 0.5) is 0 Å². The minimum Gasteiger partial charge on any atom is -0.327 e. The molecular weight excluding hydrogens is 206 g/mol. The van der Waals surface area contributed by atoms with Crippen LogP contribution in [0.5, 0.6) is 0 Å². The summed E-state index contributed by atoms with van der Waals surface area (Å²) in [6.07, 6.45) is 12.9. The van der Waals surface area contributed by atoms with Crippen molar-refractivity contribution in [1.29, 1.82) is 0 Å². The lowest BCUT2D eigenvalue weighted by Gasteiger charge is -2.42. The minimum absolute atomic E-state index is 0.470. The van der Waals surface area contributed by atoms with E-state index in [9.17, 15) is 0 Å². The van der Waals surface area contributed by atoms with Crippen LogP contribution in [0.3, 0.4) is 0 Å². The lowest BCUT2D eigenvalue weighted by atomic mass is 9.65. The molecule has 2 fully saturated rings. The van der Waals surface area contributed by atoms with Crippen LogP contribution >= 0.6 is 0 Å². The minimum atomic E-state index is 0.470. The van der Waals surface area contributed by atoms with Crippen molar-refractivity contribution < 1.29 is 0 Å². The number of nitrogens with two attached hydrogens (primary N) is 1. The maximum absolute atomic E-state index is 6.50. The van der Waals surface area contributed by atoms with E-state index in [1.165, 1.54) is 57.8 Å². The molecule has 0 aromatic carbocycles. The molecule has 17 heavy (non-hydrogen) atoms. The predicted octanol–water partition coefficient (Wildman–Crippen LogP) is 4.36. The monoisotopic (exact) mass is 237 g/mol. The molecule has 0 radical (unpaired) electrons. The molecule has 1 heteroatoms. The molecule has 0 saturated heterocycles. The Bertz CT molecular complexity index is 226. The van der Waals surface area contributed by atoms with Crippen molar-refractivity contribution in [2.24, 2.45) is 29.4 Å². The van der Waals surface area contributed by atoms with Gasteiger partial charge in [-0.3, -0.25) is 0 Å². The first-order valence-electron chi connectivity index (χ1n) is 7.98. The highest BCUT2D eigenvalue weighted by molar-refractivity contribution is 4.88. The zero-order valence-electron chi connectivity index (χ0n) is 11.8. The second-order valence-electron chi connectivity index (χ2n) is 6.72. The van der Waals surface area contributed by atoms with Gasteiger partial charge in [-0.15, -0.1) is 0 Å². The van der Waals surface area contributed by atoms with E-state index in [1.54, 1.807) is 0 Å². The molecule has 0 aromatic rings. The summed E-state index contributed by atoms with van der Waals surface area (Å²) < 4.78 is 0. The zero-order valence-corrected chi connectivity index (χ0v) is 11.8. The van der Waals surface area contributed by atoms with Gasteiger partial charge in [0.2, 0.25) is 0 Å². The fourth-order valence-corrected chi connectivity index (χ4v) is 4.37. The van der Waals surface area contributed by atoms with Crippen molar-refractivity contribution in [3.05, 3.63) is 0 Å². The summed E-state index contributed by atoms with van der Waals surface area (Å²) in [7, 11) is 0. The summed E-state index contributed by atoms with van der Waals surface area (Å²) in [6, 6.07) is 0.470. The summed E-state index contributed by atoms with van der Waals surface area (Å²) in [4.78, 5) is 0. The van der Waals surface area contributed by atoms with Crippen molar-refractivity contribution in [3.63, 3.8) is 0 Å². The molecule has 0 aromatic heterocycles. The molecule has 1 nitrogen and oxygen atoms in total. The molecule has 0 amide bonds. The molecule has 2 saturated carbocycles. The Morgan fingerprint density at radius 2 is 1.76 bits per heavy atom. The molecule has 2 rings (SSSR count). The van der Waals surface area contributed by atoms with E-state index in [-0.39, 0.29) is 0 Å². The average molecular weight is 237 g/mol. The smallest absolute Gasteiger partial charge is 0.00931 e. The van der Waals surface area contributed by atoms with E-state index in [4.69, 9.17) is 5.73 Å². The molecule has 5 atom stereocenters. The number of hydrogen-bond acceptors (Lipinski definition) is 1. The van der Waals surface area contributed by atoms with Gasteiger partial charge in [-0.05, 0) is 49.4 Å². The second kappa shape index (κ2) is 6.22. The molecule has 0 bridgehead atoms. The highest BCUT2D eigenvalue weighted by Gasteiger charge is 2.35. The molecule has 100 valence electrons. The molecule has 0 heterocycles. The van der Waals surface area contributed by atoms with E-state index >= 15 is 0 Å². The first-order chi connectivity index (χ1) is 8.22. The van der Waals surface area contributed by atoms with Gasteiger partial charge in [-0.25, -0.2) is 0 Å². The molecule has 0 spiro atoms. The van der Waals surface area contributed by atoms with E-state index in [1.807, 2.05) is 0 Å². The maximum Gasteiger partial charge on any atom is 0.00931 e. The summed E-state index contributed by atoms with van der Waals surface area (Å²) in [6.45, 7) is 4.64. The first kappa shape index (κ1) is 13.4. The summed E-state index contributed by atoms with van der Waals surface area (Å²) in [5.74, 6) is 3.65. The Balaban J connectivity index is 1.86. The third-order valence-corrected chi connectivity index (χ3v) is 5.53. The molecular formula is C16H31N. The van der Waals surface area contributed by atoms with Crippen molar-refractivity contribution in [2.75, 3.05) is 0 Å². The van der Waals surface area contributed by atoms with Crippen LogP contribution in [0.1, 0.15) is 71.6 Å². The lowest BCUT2D eigenvalue weighted by molar-refractivity contribution is 0.105. The molecule has 2 aliphatic rings. The van der Waals surface area contributed by atoms with Crippen LogP contribution in [0, 0.1) is 23.7 Å². The standard InChI is InChI=1S/C16H31N/c1-3-6-12(2)16(17)15-10-9-13-7-4-5-8-14(13)11-15/h12-16H,3-11,17H2,1-2H3. The van der Waals surface area contributed by atoms with Gasteiger partial charge >= 0.3 is 0 Å². The first-order valence-corrected chi connectivity index (χ1v) is 7.98. The van der Waals surface area contributed by atoms with Gasteiger partial charge < -0.3 is 5.73 Å². The quantitative estimate of drug-likeness (QED) is 0.772. The molecule has 2 N–H and O–H groups in total. The second-order valence-corrected chi connectivity index (χ2v) is 6.72. The van der Waals surface area contributed by atoms with Gasteiger partial charge in [0.1, 0.15) is 0 Å². The van der Waals surface area contributed by atoms with Crippen LogP contribution in [-0.2, 0) is 0 Å². The largest absolute Gasteiger partial charge is 0.327 e. The Morgan fingerprint density at radius 3 is 2.47 bits per heavy atom.